The molecule has 3 nitrogen and oxygen atoms in total. The van der Waals surface area contributed by atoms with Crippen LogP contribution < -0.4 is 4.74 Å². The number of ketones is 1. The Morgan fingerprint density at radius 2 is 2.11 bits per heavy atom. The SMILES string of the molecule is COc1cncc(C(=O)c2ccc(F)cc2I)c1. The second kappa shape index (κ2) is 5.43. The molecular formula is C13H9FINO2. The number of halogens is 2. The predicted molar refractivity (Wildman–Crippen MR) is 73.3 cm³/mol. The third kappa shape index (κ3) is 2.66. The minimum absolute atomic E-state index is 0.203. The lowest BCUT2D eigenvalue weighted by Gasteiger charge is -2.05. The fourth-order valence-electron chi connectivity index (χ4n) is 1.48. The van der Waals surface area contributed by atoms with E-state index in [1.165, 1.54) is 37.7 Å². The Kier molecular flexibility index (Phi) is 3.90. The van der Waals surface area contributed by atoms with Crippen molar-refractivity contribution in [3.05, 3.63) is 57.2 Å². The quantitative estimate of drug-likeness (QED) is 0.626. The van der Waals surface area contributed by atoms with E-state index in [4.69, 9.17) is 4.74 Å². The lowest BCUT2D eigenvalue weighted by atomic mass is 10.1. The summed E-state index contributed by atoms with van der Waals surface area (Å²) < 4.78 is 18.6. The highest BCUT2D eigenvalue weighted by molar-refractivity contribution is 14.1. The van der Waals surface area contributed by atoms with Gasteiger partial charge in [-0.1, -0.05) is 0 Å². The van der Waals surface area contributed by atoms with Crippen molar-refractivity contribution in [1.29, 1.82) is 0 Å². The molecule has 0 unspecified atom stereocenters. The van der Waals surface area contributed by atoms with Crippen LogP contribution in [0, 0.1) is 9.39 Å². The molecule has 0 fully saturated rings. The van der Waals surface area contributed by atoms with E-state index in [9.17, 15) is 9.18 Å². The van der Waals surface area contributed by atoms with Gasteiger partial charge in [0.15, 0.2) is 5.78 Å². The van der Waals surface area contributed by atoms with Crippen molar-refractivity contribution >= 4 is 28.4 Å². The Morgan fingerprint density at radius 1 is 1.33 bits per heavy atom. The van der Waals surface area contributed by atoms with E-state index in [-0.39, 0.29) is 11.6 Å². The van der Waals surface area contributed by atoms with E-state index in [0.717, 1.165) is 0 Å². The number of methoxy groups -OCH3 is 1. The summed E-state index contributed by atoms with van der Waals surface area (Å²) >= 11 is 1.93. The minimum atomic E-state index is -0.361. The number of rotatable bonds is 3. The smallest absolute Gasteiger partial charge is 0.195 e. The molecule has 1 aromatic carbocycles. The number of nitrogens with zero attached hydrogens (tertiary/aromatic N) is 1. The molecule has 18 heavy (non-hydrogen) atoms. The molecule has 0 radical (unpaired) electrons. The summed E-state index contributed by atoms with van der Waals surface area (Å²) in [6, 6.07) is 5.66. The summed E-state index contributed by atoms with van der Waals surface area (Å²) in [5, 5.41) is 0. The van der Waals surface area contributed by atoms with Gasteiger partial charge >= 0.3 is 0 Å². The Morgan fingerprint density at radius 3 is 2.78 bits per heavy atom. The van der Waals surface area contributed by atoms with Crippen LogP contribution >= 0.6 is 22.6 Å². The maximum atomic E-state index is 13.0. The van der Waals surface area contributed by atoms with Gasteiger partial charge in [0.1, 0.15) is 11.6 Å². The molecule has 0 aliphatic rings. The van der Waals surface area contributed by atoms with Crippen LogP contribution in [0.2, 0.25) is 0 Å². The molecule has 0 saturated carbocycles. The van der Waals surface area contributed by atoms with Crippen molar-refractivity contribution < 1.29 is 13.9 Å². The Labute approximate surface area is 117 Å². The van der Waals surface area contributed by atoms with Crippen molar-refractivity contribution in [3.63, 3.8) is 0 Å². The summed E-state index contributed by atoms with van der Waals surface area (Å²) in [7, 11) is 1.51. The molecule has 0 aliphatic carbocycles. The minimum Gasteiger partial charge on any atom is -0.495 e. The van der Waals surface area contributed by atoms with E-state index in [0.29, 0.717) is 20.4 Å². The zero-order valence-electron chi connectivity index (χ0n) is 9.48. The highest BCUT2D eigenvalue weighted by Crippen LogP contribution is 2.19. The first-order valence-electron chi connectivity index (χ1n) is 5.10. The lowest BCUT2D eigenvalue weighted by molar-refractivity contribution is 0.103. The Bertz CT molecular complexity index is 601. The first-order chi connectivity index (χ1) is 8.61. The van der Waals surface area contributed by atoms with Crippen molar-refractivity contribution in [2.45, 2.75) is 0 Å². The second-order valence-corrected chi connectivity index (χ2v) is 4.73. The summed E-state index contributed by atoms with van der Waals surface area (Å²) in [4.78, 5) is 16.2. The van der Waals surface area contributed by atoms with Gasteiger partial charge in [-0.3, -0.25) is 9.78 Å². The molecule has 0 saturated heterocycles. The van der Waals surface area contributed by atoms with E-state index >= 15 is 0 Å². The van der Waals surface area contributed by atoms with Gasteiger partial charge in [-0.2, -0.15) is 0 Å². The van der Waals surface area contributed by atoms with Crippen LogP contribution in [-0.4, -0.2) is 17.9 Å². The average Bonchev–Trinajstić information content (AvgIpc) is 2.38. The van der Waals surface area contributed by atoms with E-state index in [2.05, 4.69) is 4.98 Å². The summed E-state index contributed by atoms with van der Waals surface area (Å²) in [5.74, 6) is -0.0523. The number of hydrogen-bond donors (Lipinski definition) is 0. The molecule has 5 heteroatoms. The van der Waals surface area contributed by atoms with Crippen molar-refractivity contribution in [2.75, 3.05) is 7.11 Å². The fraction of sp³-hybridized carbons (Fsp3) is 0.0769. The van der Waals surface area contributed by atoms with Crippen molar-refractivity contribution in [2.24, 2.45) is 0 Å². The van der Waals surface area contributed by atoms with Gasteiger partial charge in [0.25, 0.3) is 0 Å². The van der Waals surface area contributed by atoms with Crippen LogP contribution in [0.1, 0.15) is 15.9 Å². The predicted octanol–water partition coefficient (Wildman–Crippen LogP) is 3.06. The number of aromatic nitrogens is 1. The van der Waals surface area contributed by atoms with Crippen molar-refractivity contribution in [1.82, 2.24) is 4.98 Å². The van der Waals surface area contributed by atoms with Crippen LogP contribution in [0.15, 0.2) is 36.7 Å². The molecule has 0 N–H and O–H groups in total. The van der Waals surface area contributed by atoms with Gasteiger partial charge in [-0.05, 0) is 46.9 Å². The van der Waals surface area contributed by atoms with Gasteiger partial charge in [0.2, 0.25) is 0 Å². The molecule has 0 amide bonds. The number of benzene rings is 1. The maximum absolute atomic E-state index is 13.0. The molecule has 1 aromatic heterocycles. The molecule has 0 aliphatic heterocycles. The summed E-state index contributed by atoms with van der Waals surface area (Å²) in [6.45, 7) is 0. The van der Waals surface area contributed by atoms with Gasteiger partial charge in [-0.25, -0.2) is 4.39 Å². The Balaban J connectivity index is 2.41. The lowest BCUT2D eigenvalue weighted by Crippen LogP contribution is -2.05. The maximum Gasteiger partial charge on any atom is 0.195 e. The van der Waals surface area contributed by atoms with Crippen LogP contribution in [0.4, 0.5) is 4.39 Å². The molecule has 1 heterocycles. The highest BCUT2D eigenvalue weighted by atomic mass is 127. The number of carbonyl (C=O) groups is 1. The number of pyridine rings is 1. The third-order valence-corrected chi connectivity index (χ3v) is 3.28. The monoisotopic (exact) mass is 357 g/mol. The number of carbonyl (C=O) groups excluding carboxylic acids is 1. The molecular weight excluding hydrogens is 348 g/mol. The molecule has 0 spiro atoms. The first-order valence-corrected chi connectivity index (χ1v) is 6.18. The van der Waals surface area contributed by atoms with Gasteiger partial charge in [0.05, 0.1) is 13.3 Å². The highest BCUT2D eigenvalue weighted by Gasteiger charge is 2.14. The zero-order chi connectivity index (χ0) is 13.1. The molecule has 92 valence electrons. The zero-order valence-corrected chi connectivity index (χ0v) is 11.6. The molecule has 2 rings (SSSR count). The van der Waals surface area contributed by atoms with E-state index in [1.54, 1.807) is 6.07 Å². The van der Waals surface area contributed by atoms with E-state index in [1.807, 2.05) is 22.6 Å². The van der Waals surface area contributed by atoms with E-state index < -0.39 is 0 Å². The number of hydrogen-bond acceptors (Lipinski definition) is 3. The summed E-state index contributed by atoms with van der Waals surface area (Å²) in [6.07, 6.45) is 2.98. The van der Waals surface area contributed by atoms with Gasteiger partial charge < -0.3 is 4.74 Å². The van der Waals surface area contributed by atoms with Gasteiger partial charge in [0, 0.05) is 20.9 Å². The standard InChI is InChI=1S/C13H9FINO2/c1-18-10-4-8(6-16-7-10)13(17)11-3-2-9(14)5-12(11)15/h2-7H,1H3. The topological polar surface area (TPSA) is 39.2 Å². The van der Waals surface area contributed by atoms with Crippen LogP contribution in [0.3, 0.4) is 0 Å². The molecule has 0 bridgehead atoms. The third-order valence-electron chi connectivity index (χ3n) is 2.39. The van der Waals surface area contributed by atoms with Crippen molar-refractivity contribution in [3.8, 4) is 5.75 Å². The molecule has 0 atom stereocenters. The summed E-state index contributed by atoms with van der Waals surface area (Å²) in [5.41, 5.74) is 0.867. The fourth-order valence-corrected chi connectivity index (χ4v) is 2.21. The average molecular weight is 357 g/mol. The number of ether oxygens (including phenoxy) is 1. The second-order valence-electron chi connectivity index (χ2n) is 3.57. The Hall–Kier alpha value is -1.50. The van der Waals surface area contributed by atoms with Crippen LogP contribution in [0.25, 0.3) is 0 Å². The van der Waals surface area contributed by atoms with Gasteiger partial charge in [-0.15, -0.1) is 0 Å². The van der Waals surface area contributed by atoms with Crippen LogP contribution in [0.5, 0.6) is 5.75 Å². The normalized spacial score (nSPS) is 10.2. The first kappa shape index (κ1) is 12.9. The molecule has 2 aromatic rings. The van der Waals surface area contributed by atoms with Crippen LogP contribution in [-0.2, 0) is 0 Å². The largest absolute Gasteiger partial charge is 0.495 e.